The smallest absolute Gasteiger partial charge is 0.190 e. The van der Waals surface area contributed by atoms with Gasteiger partial charge in [0.1, 0.15) is 10.3 Å². The zero-order valence-electron chi connectivity index (χ0n) is 7.25. The van der Waals surface area contributed by atoms with Crippen molar-refractivity contribution in [1.29, 1.82) is 0 Å². The number of thioether (sulfide) groups is 1. The van der Waals surface area contributed by atoms with Crippen LogP contribution in [0, 0.1) is 0 Å². The van der Waals surface area contributed by atoms with Gasteiger partial charge < -0.3 is 11.5 Å². The molecular weight excluding hydrogens is 252 g/mol. The Morgan fingerprint density at radius 1 is 1.38 bits per heavy atom. The fourth-order valence-corrected chi connectivity index (χ4v) is 1.89. The van der Waals surface area contributed by atoms with Crippen LogP contribution in [0.1, 0.15) is 13.3 Å². The third-order valence-corrected chi connectivity index (χ3v) is 3.00. The van der Waals surface area contributed by atoms with Crippen LogP contribution in [0.15, 0.2) is 9.76 Å². The number of nitrogen functional groups attached to an aromatic ring is 2. The monoisotopic (exact) mass is 262 g/mol. The van der Waals surface area contributed by atoms with Crippen molar-refractivity contribution in [3.05, 3.63) is 4.60 Å². The van der Waals surface area contributed by atoms with Crippen LogP contribution in [0.4, 0.5) is 11.5 Å². The van der Waals surface area contributed by atoms with Crippen molar-refractivity contribution in [3.8, 4) is 0 Å². The normalized spacial score (nSPS) is 10.3. The van der Waals surface area contributed by atoms with Gasteiger partial charge in [0.2, 0.25) is 0 Å². The highest BCUT2D eigenvalue weighted by atomic mass is 79.9. The Labute approximate surface area is 89.6 Å². The second-order valence-corrected chi connectivity index (χ2v) is 4.26. The second kappa shape index (κ2) is 4.66. The maximum atomic E-state index is 5.57. The van der Waals surface area contributed by atoms with E-state index in [0.717, 1.165) is 12.2 Å². The van der Waals surface area contributed by atoms with E-state index in [4.69, 9.17) is 11.5 Å². The lowest BCUT2D eigenvalue weighted by atomic mass is 10.5. The Bertz CT molecular complexity index is 282. The van der Waals surface area contributed by atoms with Gasteiger partial charge in [0.05, 0.1) is 0 Å². The number of hydrogen-bond donors (Lipinski definition) is 2. The summed E-state index contributed by atoms with van der Waals surface area (Å²) in [7, 11) is 0. The van der Waals surface area contributed by atoms with Gasteiger partial charge in [-0.2, -0.15) is 0 Å². The first kappa shape index (κ1) is 10.6. The van der Waals surface area contributed by atoms with Crippen molar-refractivity contribution < 1.29 is 0 Å². The highest BCUT2D eigenvalue weighted by Crippen LogP contribution is 2.25. The van der Waals surface area contributed by atoms with Crippen LogP contribution < -0.4 is 11.5 Å². The average molecular weight is 263 g/mol. The minimum absolute atomic E-state index is 0.334. The Balaban J connectivity index is 2.86. The molecule has 4 nitrogen and oxygen atoms in total. The van der Waals surface area contributed by atoms with Crippen LogP contribution in [0.3, 0.4) is 0 Å². The molecule has 0 unspecified atom stereocenters. The molecule has 0 saturated carbocycles. The Hall–Kier alpha value is -0.490. The predicted molar refractivity (Wildman–Crippen MR) is 59.6 cm³/mol. The summed E-state index contributed by atoms with van der Waals surface area (Å²) in [6, 6.07) is 0. The van der Waals surface area contributed by atoms with Crippen molar-refractivity contribution in [1.82, 2.24) is 9.97 Å². The van der Waals surface area contributed by atoms with Crippen LogP contribution in [-0.2, 0) is 0 Å². The summed E-state index contributed by atoms with van der Waals surface area (Å²) >= 11 is 4.79. The lowest BCUT2D eigenvalue weighted by Gasteiger charge is -2.03. The molecule has 4 N–H and O–H groups in total. The molecule has 1 aromatic heterocycles. The van der Waals surface area contributed by atoms with Gasteiger partial charge in [-0.1, -0.05) is 18.7 Å². The molecular formula is C7H11BrN4S. The van der Waals surface area contributed by atoms with Crippen LogP contribution in [0.2, 0.25) is 0 Å². The third-order valence-electron chi connectivity index (χ3n) is 1.34. The molecule has 1 rings (SSSR count). The van der Waals surface area contributed by atoms with E-state index in [1.165, 1.54) is 0 Å². The number of rotatable bonds is 3. The number of anilines is 2. The molecule has 72 valence electrons. The van der Waals surface area contributed by atoms with E-state index in [0.29, 0.717) is 21.3 Å². The molecule has 0 aliphatic rings. The molecule has 1 aromatic rings. The van der Waals surface area contributed by atoms with E-state index in [1.54, 1.807) is 11.8 Å². The molecule has 0 aliphatic heterocycles. The summed E-state index contributed by atoms with van der Waals surface area (Å²) in [6.07, 6.45) is 1.08. The molecule has 0 fully saturated rings. The van der Waals surface area contributed by atoms with Crippen molar-refractivity contribution in [2.75, 3.05) is 17.2 Å². The molecule has 1 heterocycles. The summed E-state index contributed by atoms with van der Waals surface area (Å²) in [4.78, 5) is 8.18. The highest BCUT2D eigenvalue weighted by Gasteiger charge is 2.06. The Kier molecular flexibility index (Phi) is 3.80. The Morgan fingerprint density at radius 2 is 2.08 bits per heavy atom. The van der Waals surface area contributed by atoms with Crippen LogP contribution in [-0.4, -0.2) is 15.7 Å². The number of nitrogens with zero attached hydrogens (tertiary/aromatic N) is 2. The number of nitrogens with two attached hydrogens (primary N) is 2. The largest absolute Gasteiger partial charge is 0.394 e. The topological polar surface area (TPSA) is 77.8 Å². The second-order valence-electron chi connectivity index (χ2n) is 2.44. The first-order valence-electron chi connectivity index (χ1n) is 3.86. The van der Waals surface area contributed by atoms with Crippen molar-refractivity contribution >= 4 is 39.2 Å². The van der Waals surface area contributed by atoms with Gasteiger partial charge in [-0.15, -0.1) is 0 Å². The lowest BCUT2D eigenvalue weighted by Crippen LogP contribution is -2.02. The summed E-state index contributed by atoms with van der Waals surface area (Å²) in [5, 5.41) is 0.667. The van der Waals surface area contributed by atoms with Gasteiger partial charge in [-0.25, -0.2) is 9.97 Å². The van der Waals surface area contributed by atoms with Crippen molar-refractivity contribution in [2.24, 2.45) is 0 Å². The molecule has 6 heteroatoms. The van der Waals surface area contributed by atoms with E-state index in [2.05, 4.69) is 32.8 Å². The van der Waals surface area contributed by atoms with Gasteiger partial charge >= 0.3 is 0 Å². The number of hydrogen-bond acceptors (Lipinski definition) is 5. The molecule has 0 aliphatic carbocycles. The summed E-state index contributed by atoms with van der Waals surface area (Å²) in [5.74, 6) is 1.32. The van der Waals surface area contributed by atoms with E-state index in [1.807, 2.05) is 0 Å². The minimum Gasteiger partial charge on any atom is -0.394 e. The maximum Gasteiger partial charge on any atom is 0.190 e. The SMILES string of the molecule is CCCSc1nc(N)c(N)c(Br)n1. The highest BCUT2D eigenvalue weighted by molar-refractivity contribution is 9.10. The van der Waals surface area contributed by atoms with Crippen LogP contribution in [0.5, 0.6) is 0 Å². The summed E-state index contributed by atoms with van der Waals surface area (Å²) in [5.41, 5.74) is 11.6. The fourth-order valence-electron chi connectivity index (χ4n) is 0.696. The summed E-state index contributed by atoms with van der Waals surface area (Å²) < 4.78 is 0.568. The van der Waals surface area contributed by atoms with Gasteiger partial charge in [0.25, 0.3) is 0 Å². The Morgan fingerprint density at radius 3 is 2.62 bits per heavy atom. The molecule has 0 bridgehead atoms. The number of aromatic nitrogens is 2. The van der Waals surface area contributed by atoms with Crippen molar-refractivity contribution in [3.63, 3.8) is 0 Å². The van der Waals surface area contributed by atoms with Gasteiger partial charge in [-0.3, -0.25) is 0 Å². The van der Waals surface area contributed by atoms with Crippen molar-refractivity contribution in [2.45, 2.75) is 18.5 Å². The first-order chi connectivity index (χ1) is 6.15. The summed E-state index contributed by atoms with van der Waals surface area (Å²) in [6.45, 7) is 2.10. The predicted octanol–water partition coefficient (Wildman–Crippen LogP) is 1.91. The molecule has 0 atom stereocenters. The van der Waals surface area contributed by atoms with E-state index in [9.17, 15) is 0 Å². The van der Waals surface area contributed by atoms with Crippen LogP contribution in [0.25, 0.3) is 0 Å². The lowest BCUT2D eigenvalue weighted by molar-refractivity contribution is 0.956. The zero-order chi connectivity index (χ0) is 9.84. The molecule has 0 amide bonds. The number of halogens is 1. The molecule has 13 heavy (non-hydrogen) atoms. The quantitative estimate of drug-likeness (QED) is 0.494. The van der Waals surface area contributed by atoms with Gasteiger partial charge in [-0.05, 0) is 22.4 Å². The minimum atomic E-state index is 0.334. The van der Waals surface area contributed by atoms with E-state index in [-0.39, 0.29) is 0 Å². The maximum absolute atomic E-state index is 5.57. The van der Waals surface area contributed by atoms with Crippen LogP contribution >= 0.6 is 27.7 Å². The van der Waals surface area contributed by atoms with Gasteiger partial charge in [0, 0.05) is 5.75 Å². The molecule has 0 saturated heterocycles. The molecule has 0 radical (unpaired) electrons. The van der Waals surface area contributed by atoms with E-state index >= 15 is 0 Å². The standard InChI is InChI=1S/C7H11BrN4S/c1-2-3-13-7-11-5(8)4(9)6(10)12-7/h2-3,9H2,1H3,(H2,10,11,12). The zero-order valence-corrected chi connectivity index (χ0v) is 9.65. The van der Waals surface area contributed by atoms with E-state index < -0.39 is 0 Å². The third kappa shape index (κ3) is 2.73. The fraction of sp³-hybridized carbons (Fsp3) is 0.429. The molecule has 0 aromatic carbocycles. The molecule has 0 spiro atoms. The first-order valence-corrected chi connectivity index (χ1v) is 5.64. The average Bonchev–Trinajstić information content (AvgIpc) is 2.10. The van der Waals surface area contributed by atoms with Gasteiger partial charge in [0.15, 0.2) is 11.0 Å².